The van der Waals surface area contributed by atoms with Crippen LogP contribution in [0.4, 0.5) is 0 Å². The summed E-state index contributed by atoms with van der Waals surface area (Å²) in [7, 11) is -3.36. The van der Waals surface area contributed by atoms with E-state index in [9.17, 15) is 8.42 Å². The van der Waals surface area contributed by atoms with E-state index in [-0.39, 0.29) is 0 Å². The Morgan fingerprint density at radius 1 is 1.33 bits per heavy atom. The van der Waals surface area contributed by atoms with Gasteiger partial charge >= 0.3 is 0 Å². The number of sulfonamides is 1. The van der Waals surface area contributed by atoms with E-state index in [1.54, 1.807) is 12.1 Å². The molecule has 0 amide bonds. The van der Waals surface area contributed by atoms with E-state index < -0.39 is 10.0 Å². The minimum absolute atomic E-state index is 0.315. The molecule has 1 N–H and O–H groups in total. The smallest absolute Gasteiger partial charge is 0.210 e. The molecule has 3 atom stereocenters. The second-order valence-electron chi connectivity index (χ2n) is 5.35. The number of thiophene rings is 1. The standard InChI is InChI=1S/C12H16ClNO2S2/c13-11-3-4-12(17-11)18(15,16)14-7-10-6-8-1-2-9(10)5-8/h3-4,8-10,14H,1-2,5-7H2. The molecular weight excluding hydrogens is 290 g/mol. The average molecular weight is 306 g/mol. The van der Waals surface area contributed by atoms with Crippen molar-refractivity contribution in [3.63, 3.8) is 0 Å². The first-order valence-electron chi connectivity index (χ1n) is 6.29. The van der Waals surface area contributed by atoms with Crippen molar-refractivity contribution in [2.24, 2.45) is 17.8 Å². The van der Waals surface area contributed by atoms with Gasteiger partial charge in [-0.15, -0.1) is 11.3 Å². The van der Waals surface area contributed by atoms with E-state index in [1.165, 1.54) is 25.7 Å². The number of nitrogens with one attached hydrogen (secondary N) is 1. The van der Waals surface area contributed by atoms with E-state index >= 15 is 0 Å². The number of hydrogen-bond acceptors (Lipinski definition) is 3. The number of hydrogen-bond donors (Lipinski definition) is 1. The van der Waals surface area contributed by atoms with Crippen molar-refractivity contribution in [1.29, 1.82) is 0 Å². The van der Waals surface area contributed by atoms with Crippen LogP contribution >= 0.6 is 22.9 Å². The maximum absolute atomic E-state index is 12.0. The lowest BCUT2D eigenvalue weighted by atomic mass is 9.89. The topological polar surface area (TPSA) is 46.2 Å². The Morgan fingerprint density at radius 3 is 2.72 bits per heavy atom. The second kappa shape index (κ2) is 4.78. The predicted molar refractivity (Wildman–Crippen MR) is 73.5 cm³/mol. The largest absolute Gasteiger partial charge is 0.250 e. The second-order valence-corrected chi connectivity index (χ2v) is 9.05. The zero-order valence-electron chi connectivity index (χ0n) is 9.93. The zero-order chi connectivity index (χ0) is 12.8. The van der Waals surface area contributed by atoms with Crippen molar-refractivity contribution in [3.05, 3.63) is 16.5 Å². The lowest BCUT2D eigenvalue weighted by molar-refractivity contribution is 0.333. The van der Waals surface area contributed by atoms with Crippen molar-refractivity contribution in [3.8, 4) is 0 Å². The molecule has 100 valence electrons. The molecule has 1 aromatic rings. The zero-order valence-corrected chi connectivity index (χ0v) is 12.3. The number of halogens is 1. The summed E-state index contributed by atoms with van der Waals surface area (Å²) >= 11 is 6.88. The van der Waals surface area contributed by atoms with Gasteiger partial charge in [0, 0.05) is 6.54 Å². The van der Waals surface area contributed by atoms with Gasteiger partial charge in [-0.2, -0.15) is 0 Å². The third kappa shape index (κ3) is 2.46. The summed E-state index contributed by atoms with van der Waals surface area (Å²) in [6, 6.07) is 3.19. The average Bonchev–Trinajstić information content (AvgIpc) is 3.01. The molecule has 0 spiro atoms. The summed E-state index contributed by atoms with van der Waals surface area (Å²) < 4.78 is 27.7. The highest BCUT2D eigenvalue weighted by Crippen LogP contribution is 2.48. The van der Waals surface area contributed by atoms with Crippen molar-refractivity contribution in [2.75, 3.05) is 6.54 Å². The summed E-state index contributed by atoms with van der Waals surface area (Å²) in [5, 5.41) is 0. The monoisotopic (exact) mass is 305 g/mol. The SMILES string of the molecule is O=S(=O)(NCC1CC2CCC1C2)c1ccc(Cl)s1. The van der Waals surface area contributed by atoms with Crippen LogP contribution in [0.25, 0.3) is 0 Å². The van der Waals surface area contributed by atoms with E-state index in [4.69, 9.17) is 11.6 Å². The van der Waals surface area contributed by atoms with Crippen LogP contribution in [-0.4, -0.2) is 15.0 Å². The molecule has 1 aromatic heterocycles. The molecule has 1 heterocycles. The van der Waals surface area contributed by atoms with Crippen LogP contribution in [0.15, 0.2) is 16.3 Å². The van der Waals surface area contributed by atoms with Crippen LogP contribution in [0.1, 0.15) is 25.7 Å². The molecule has 6 heteroatoms. The Bertz CT molecular complexity index is 540. The van der Waals surface area contributed by atoms with Gasteiger partial charge < -0.3 is 0 Å². The van der Waals surface area contributed by atoms with Gasteiger partial charge in [-0.1, -0.05) is 18.0 Å². The fourth-order valence-electron chi connectivity index (χ4n) is 3.36. The van der Waals surface area contributed by atoms with Crippen LogP contribution in [-0.2, 0) is 10.0 Å². The summed E-state index contributed by atoms with van der Waals surface area (Å²) in [5.74, 6) is 2.12. The fraction of sp³-hybridized carbons (Fsp3) is 0.667. The molecule has 2 aliphatic rings. The Kier molecular flexibility index (Phi) is 3.43. The number of fused-ring (bicyclic) bond motifs is 2. The highest BCUT2D eigenvalue weighted by Gasteiger charge is 2.39. The number of rotatable bonds is 4. The van der Waals surface area contributed by atoms with E-state index in [1.807, 2.05) is 0 Å². The van der Waals surface area contributed by atoms with Gasteiger partial charge in [-0.05, 0) is 49.1 Å². The Balaban J connectivity index is 1.63. The van der Waals surface area contributed by atoms with Gasteiger partial charge in [-0.3, -0.25) is 0 Å². The lowest BCUT2D eigenvalue weighted by Crippen LogP contribution is -2.31. The van der Waals surface area contributed by atoms with Crippen LogP contribution in [0.5, 0.6) is 0 Å². The lowest BCUT2D eigenvalue weighted by Gasteiger charge is -2.21. The van der Waals surface area contributed by atoms with Crippen molar-refractivity contribution in [1.82, 2.24) is 4.72 Å². The van der Waals surface area contributed by atoms with Crippen molar-refractivity contribution in [2.45, 2.75) is 29.9 Å². The molecule has 2 aliphatic carbocycles. The first kappa shape index (κ1) is 12.9. The van der Waals surface area contributed by atoms with E-state index in [0.717, 1.165) is 23.2 Å². The fourth-order valence-corrected chi connectivity index (χ4v) is 5.98. The third-order valence-electron chi connectivity index (χ3n) is 4.23. The van der Waals surface area contributed by atoms with Crippen LogP contribution in [0.2, 0.25) is 4.34 Å². The highest BCUT2D eigenvalue weighted by atomic mass is 35.5. The minimum Gasteiger partial charge on any atom is -0.210 e. The highest BCUT2D eigenvalue weighted by molar-refractivity contribution is 7.91. The van der Waals surface area contributed by atoms with Gasteiger partial charge in [0.05, 0.1) is 4.34 Å². The molecule has 3 nitrogen and oxygen atoms in total. The van der Waals surface area contributed by atoms with Crippen molar-refractivity contribution >= 4 is 33.0 Å². The third-order valence-corrected chi connectivity index (χ3v) is 7.38. The predicted octanol–water partition coefficient (Wildman–Crippen LogP) is 3.12. The van der Waals surface area contributed by atoms with Crippen LogP contribution in [0.3, 0.4) is 0 Å². The Hall–Kier alpha value is -0.100. The summed E-state index contributed by atoms with van der Waals surface area (Å²) in [4.78, 5) is 0. The molecule has 0 aromatic carbocycles. The van der Waals surface area contributed by atoms with Crippen molar-refractivity contribution < 1.29 is 8.42 Å². The first-order chi connectivity index (χ1) is 8.54. The Labute approximate surface area is 117 Å². The van der Waals surface area contributed by atoms with E-state index in [2.05, 4.69) is 4.72 Å². The van der Waals surface area contributed by atoms with Gasteiger partial charge in [0.25, 0.3) is 0 Å². The Morgan fingerprint density at radius 2 is 2.17 bits per heavy atom. The molecular formula is C12H16ClNO2S2. The van der Waals surface area contributed by atoms with E-state index in [0.29, 0.717) is 21.0 Å². The van der Waals surface area contributed by atoms with Gasteiger partial charge in [-0.25, -0.2) is 13.1 Å². The van der Waals surface area contributed by atoms with Crippen LogP contribution < -0.4 is 4.72 Å². The quantitative estimate of drug-likeness (QED) is 0.929. The molecule has 2 bridgehead atoms. The molecule has 0 saturated heterocycles. The minimum atomic E-state index is -3.36. The summed E-state index contributed by atoms with van der Waals surface area (Å²) in [5.41, 5.74) is 0. The van der Waals surface area contributed by atoms with Gasteiger partial charge in [0.15, 0.2) is 0 Å². The summed E-state index contributed by atoms with van der Waals surface area (Å²) in [6.07, 6.45) is 5.12. The maximum Gasteiger partial charge on any atom is 0.250 e. The molecule has 2 saturated carbocycles. The maximum atomic E-state index is 12.0. The van der Waals surface area contributed by atoms with Gasteiger partial charge in [0.1, 0.15) is 4.21 Å². The first-order valence-corrected chi connectivity index (χ1v) is 8.97. The molecule has 0 radical (unpaired) electrons. The molecule has 3 unspecified atom stereocenters. The summed E-state index contributed by atoms with van der Waals surface area (Å²) in [6.45, 7) is 0.582. The normalized spacial score (nSPS) is 31.1. The molecule has 3 rings (SSSR count). The molecule has 2 fully saturated rings. The van der Waals surface area contributed by atoms with Crippen LogP contribution in [0, 0.1) is 17.8 Å². The molecule has 0 aliphatic heterocycles. The van der Waals surface area contributed by atoms with Gasteiger partial charge in [0.2, 0.25) is 10.0 Å². The molecule has 18 heavy (non-hydrogen) atoms.